The predicted octanol–water partition coefficient (Wildman–Crippen LogP) is 3.56. The van der Waals surface area contributed by atoms with Gasteiger partial charge in [0.25, 0.3) is 0 Å². The number of aromatic nitrogens is 2. The first-order valence-corrected chi connectivity index (χ1v) is 11.0. The molecule has 0 radical (unpaired) electrons. The van der Waals surface area contributed by atoms with Crippen molar-refractivity contribution >= 4 is 17.5 Å². The van der Waals surface area contributed by atoms with Gasteiger partial charge in [-0.2, -0.15) is 0 Å². The quantitative estimate of drug-likeness (QED) is 0.571. The van der Waals surface area contributed by atoms with Crippen molar-refractivity contribution < 1.29 is 14.3 Å². The van der Waals surface area contributed by atoms with Crippen molar-refractivity contribution in [3.05, 3.63) is 60.4 Å². The minimum atomic E-state index is -0.0432. The Kier molecular flexibility index (Phi) is 7.04. The van der Waals surface area contributed by atoms with Crippen LogP contribution in [0.2, 0.25) is 0 Å². The number of hydrogen-bond acceptors (Lipinski definition) is 7. The number of nitrogens with two attached hydrogens (primary N) is 1. The van der Waals surface area contributed by atoms with Gasteiger partial charge in [-0.3, -0.25) is 9.69 Å². The fourth-order valence-corrected chi connectivity index (χ4v) is 4.21. The Hall–Kier alpha value is -3.65. The van der Waals surface area contributed by atoms with Crippen molar-refractivity contribution in [1.29, 1.82) is 0 Å². The summed E-state index contributed by atoms with van der Waals surface area (Å²) in [6.45, 7) is 1.92. The molecular weight excluding hydrogens is 418 g/mol. The van der Waals surface area contributed by atoms with E-state index in [-0.39, 0.29) is 17.8 Å². The van der Waals surface area contributed by atoms with E-state index in [1.54, 1.807) is 20.4 Å². The molecule has 8 heteroatoms. The SMILES string of the molecule is COc1ccc(NC(=O)CN2CCC[C@@H](c3nc(N)ncc3-c3ccc(OC)cc3)C2)cc1. The number of anilines is 2. The normalized spacial score (nSPS) is 16.2. The van der Waals surface area contributed by atoms with Gasteiger partial charge in [0, 0.05) is 29.9 Å². The number of methoxy groups -OCH3 is 2. The number of nitrogens with zero attached hydrogens (tertiary/aromatic N) is 3. The van der Waals surface area contributed by atoms with Crippen LogP contribution in [0.4, 0.5) is 11.6 Å². The molecular formula is C25H29N5O3. The van der Waals surface area contributed by atoms with Crippen molar-refractivity contribution in [3.63, 3.8) is 0 Å². The van der Waals surface area contributed by atoms with Crippen molar-refractivity contribution in [1.82, 2.24) is 14.9 Å². The van der Waals surface area contributed by atoms with E-state index in [2.05, 4.69) is 20.2 Å². The third kappa shape index (κ3) is 5.59. The van der Waals surface area contributed by atoms with Gasteiger partial charge in [0.2, 0.25) is 11.9 Å². The van der Waals surface area contributed by atoms with Gasteiger partial charge >= 0.3 is 0 Å². The topological polar surface area (TPSA) is 103 Å². The van der Waals surface area contributed by atoms with Crippen molar-refractivity contribution in [2.24, 2.45) is 0 Å². The molecule has 0 aliphatic carbocycles. The molecule has 1 aromatic heterocycles. The van der Waals surface area contributed by atoms with Crippen LogP contribution in [0, 0.1) is 0 Å². The molecule has 0 bridgehead atoms. The molecule has 0 spiro atoms. The molecule has 33 heavy (non-hydrogen) atoms. The van der Waals surface area contributed by atoms with Crippen molar-refractivity contribution in [2.75, 3.05) is 44.9 Å². The van der Waals surface area contributed by atoms with Gasteiger partial charge in [0.15, 0.2) is 0 Å². The lowest BCUT2D eigenvalue weighted by Crippen LogP contribution is -2.40. The second kappa shape index (κ2) is 10.3. The van der Waals surface area contributed by atoms with Crippen LogP contribution in [0.25, 0.3) is 11.1 Å². The van der Waals surface area contributed by atoms with E-state index in [4.69, 9.17) is 15.2 Å². The summed E-state index contributed by atoms with van der Waals surface area (Å²) in [7, 11) is 3.26. The third-order valence-electron chi connectivity index (χ3n) is 5.87. The number of benzene rings is 2. The zero-order chi connectivity index (χ0) is 23.2. The largest absolute Gasteiger partial charge is 0.497 e. The maximum atomic E-state index is 12.6. The summed E-state index contributed by atoms with van der Waals surface area (Å²) in [4.78, 5) is 23.6. The van der Waals surface area contributed by atoms with Crippen LogP contribution in [-0.4, -0.2) is 54.6 Å². The van der Waals surface area contributed by atoms with E-state index in [1.807, 2.05) is 48.5 Å². The van der Waals surface area contributed by atoms with Crippen LogP contribution in [0.5, 0.6) is 11.5 Å². The van der Waals surface area contributed by atoms with Gasteiger partial charge < -0.3 is 20.5 Å². The minimum absolute atomic E-state index is 0.0432. The summed E-state index contributed by atoms with van der Waals surface area (Å²) in [5.74, 6) is 1.93. The number of carbonyl (C=O) groups is 1. The zero-order valence-electron chi connectivity index (χ0n) is 19.0. The third-order valence-corrected chi connectivity index (χ3v) is 5.87. The van der Waals surface area contributed by atoms with Crippen LogP contribution < -0.4 is 20.5 Å². The summed E-state index contributed by atoms with van der Waals surface area (Å²) in [5.41, 5.74) is 9.60. The highest BCUT2D eigenvalue weighted by molar-refractivity contribution is 5.92. The number of piperidine rings is 1. The summed E-state index contributed by atoms with van der Waals surface area (Å²) in [6.07, 6.45) is 3.75. The maximum absolute atomic E-state index is 12.6. The van der Waals surface area contributed by atoms with Crippen molar-refractivity contribution in [2.45, 2.75) is 18.8 Å². The van der Waals surface area contributed by atoms with Crippen LogP contribution in [0.15, 0.2) is 54.7 Å². The average Bonchev–Trinajstić information content (AvgIpc) is 2.84. The smallest absolute Gasteiger partial charge is 0.238 e. The first-order valence-electron chi connectivity index (χ1n) is 11.0. The lowest BCUT2D eigenvalue weighted by atomic mass is 9.90. The van der Waals surface area contributed by atoms with Crippen LogP contribution in [0.1, 0.15) is 24.5 Å². The lowest BCUT2D eigenvalue weighted by Gasteiger charge is -2.32. The number of nitrogens with one attached hydrogen (secondary N) is 1. The summed E-state index contributed by atoms with van der Waals surface area (Å²) < 4.78 is 10.4. The minimum Gasteiger partial charge on any atom is -0.497 e. The second-order valence-electron chi connectivity index (χ2n) is 8.11. The lowest BCUT2D eigenvalue weighted by molar-refractivity contribution is -0.117. The van der Waals surface area contributed by atoms with E-state index in [9.17, 15) is 4.79 Å². The number of ether oxygens (including phenoxy) is 2. The average molecular weight is 448 g/mol. The van der Waals surface area contributed by atoms with E-state index in [1.165, 1.54) is 0 Å². The number of rotatable bonds is 7. The second-order valence-corrected chi connectivity index (χ2v) is 8.11. The molecule has 3 aromatic rings. The van der Waals surface area contributed by atoms with Gasteiger partial charge in [0.1, 0.15) is 11.5 Å². The highest BCUT2D eigenvalue weighted by Crippen LogP contribution is 2.34. The molecule has 3 N–H and O–H groups in total. The fraction of sp³-hybridized carbons (Fsp3) is 0.320. The van der Waals surface area contributed by atoms with Gasteiger partial charge in [-0.05, 0) is 61.3 Å². The predicted molar refractivity (Wildman–Crippen MR) is 128 cm³/mol. The molecule has 1 aliphatic rings. The van der Waals surface area contributed by atoms with Gasteiger partial charge in [-0.1, -0.05) is 12.1 Å². The molecule has 2 aromatic carbocycles. The van der Waals surface area contributed by atoms with Gasteiger partial charge in [-0.15, -0.1) is 0 Å². The van der Waals surface area contributed by atoms with E-state index >= 15 is 0 Å². The summed E-state index contributed by atoms with van der Waals surface area (Å²) >= 11 is 0. The molecule has 0 saturated carbocycles. The number of amides is 1. The highest BCUT2D eigenvalue weighted by atomic mass is 16.5. The van der Waals surface area contributed by atoms with Crippen LogP contribution in [-0.2, 0) is 4.79 Å². The molecule has 8 nitrogen and oxygen atoms in total. The Morgan fingerprint density at radius 3 is 2.42 bits per heavy atom. The van der Waals surface area contributed by atoms with E-state index in [0.29, 0.717) is 6.54 Å². The van der Waals surface area contributed by atoms with Crippen molar-refractivity contribution in [3.8, 4) is 22.6 Å². The first-order chi connectivity index (χ1) is 16.1. The molecule has 0 unspecified atom stereocenters. The molecule has 2 heterocycles. The monoisotopic (exact) mass is 447 g/mol. The number of likely N-dealkylation sites (tertiary alicyclic amines) is 1. The Balaban J connectivity index is 1.46. The molecule has 172 valence electrons. The van der Waals surface area contributed by atoms with Crippen LogP contribution >= 0.6 is 0 Å². The first kappa shape index (κ1) is 22.5. The molecule has 1 aliphatic heterocycles. The Bertz CT molecular complexity index is 1090. The Morgan fingerprint density at radius 2 is 1.76 bits per heavy atom. The van der Waals surface area contributed by atoms with Gasteiger partial charge in [-0.25, -0.2) is 9.97 Å². The van der Waals surface area contributed by atoms with Crippen LogP contribution in [0.3, 0.4) is 0 Å². The molecule has 1 atom stereocenters. The zero-order valence-corrected chi connectivity index (χ0v) is 19.0. The van der Waals surface area contributed by atoms with E-state index in [0.717, 1.165) is 59.9 Å². The number of hydrogen-bond donors (Lipinski definition) is 2. The Labute approximate surface area is 193 Å². The maximum Gasteiger partial charge on any atom is 0.238 e. The number of carbonyl (C=O) groups excluding carboxylic acids is 1. The summed E-state index contributed by atoms with van der Waals surface area (Å²) in [5, 5.41) is 2.96. The standard InChI is InChI=1S/C25H29N5O3/c1-32-20-9-5-17(6-10-20)22-14-27-25(26)29-24(22)18-4-3-13-30(15-18)16-23(31)28-19-7-11-21(33-2)12-8-19/h5-12,14,18H,3-4,13,15-16H2,1-2H3,(H,28,31)(H2,26,27,29)/t18-/m1/s1. The fourth-order valence-electron chi connectivity index (χ4n) is 4.21. The van der Waals surface area contributed by atoms with E-state index < -0.39 is 0 Å². The number of nitrogen functional groups attached to an aromatic ring is 1. The molecule has 1 saturated heterocycles. The molecule has 1 fully saturated rings. The van der Waals surface area contributed by atoms with Gasteiger partial charge in [0.05, 0.1) is 26.5 Å². The summed E-state index contributed by atoms with van der Waals surface area (Å²) in [6, 6.07) is 15.2. The highest BCUT2D eigenvalue weighted by Gasteiger charge is 2.26. The molecule has 1 amide bonds. The Morgan fingerprint density at radius 1 is 1.09 bits per heavy atom. The molecule has 4 rings (SSSR count).